The number of fused-ring (bicyclic) bond motifs is 6. The van der Waals surface area contributed by atoms with Gasteiger partial charge in [0, 0.05) is 77.0 Å². The summed E-state index contributed by atoms with van der Waals surface area (Å²) in [6, 6.07) is 6.08. The molecule has 0 fully saturated rings. The predicted octanol–water partition coefficient (Wildman–Crippen LogP) is 9.91. The van der Waals surface area contributed by atoms with Gasteiger partial charge in [-0.2, -0.15) is 26.3 Å². The van der Waals surface area contributed by atoms with E-state index in [1.807, 2.05) is 0 Å². The van der Waals surface area contributed by atoms with Crippen LogP contribution in [0.15, 0.2) is 73.3 Å². The second-order valence-electron chi connectivity index (χ2n) is 18.7. The van der Waals surface area contributed by atoms with Gasteiger partial charge in [-0.3, -0.25) is 33.6 Å². The van der Waals surface area contributed by atoms with Crippen molar-refractivity contribution in [1.29, 1.82) is 0 Å². The van der Waals surface area contributed by atoms with Gasteiger partial charge in [-0.25, -0.2) is 22.4 Å². The van der Waals surface area contributed by atoms with E-state index in [2.05, 4.69) is 15.5 Å². The first-order valence-electron chi connectivity index (χ1n) is 21.7. The second-order valence-corrected chi connectivity index (χ2v) is 18.7. The number of aromatic nitrogens is 4. The summed E-state index contributed by atoms with van der Waals surface area (Å²) in [4.78, 5) is 58.7. The van der Waals surface area contributed by atoms with Gasteiger partial charge in [0.05, 0.1) is 45.2 Å². The molecule has 6 heterocycles. The Bertz CT molecular complexity index is 3190. The molecule has 3 amide bonds. The summed E-state index contributed by atoms with van der Waals surface area (Å²) in [6.07, 6.45) is -7.07. The van der Waals surface area contributed by atoms with E-state index >= 15 is 0 Å². The highest BCUT2D eigenvalue weighted by Gasteiger charge is 2.44. The first-order chi connectivity index (χ1) is 32.6. The van der Waals surface area contributed by atoms with Crippen LogP contribution in [-0.2, 0) is 37.5 Å². The van der Waals surface area contributed by atoms with Gasteiger partial charge < -0.3 is 19.9 Å². The standard InChI is InChI=1S/C48H43F10N7O5/c1-23(2)59-41(66)29-19-63(43(68)26-8-10-32(50)34(52)14-26)22-46(6,38-36-16-28(48(56,57)58)18-65(36)60-39(29)38)12-11-24(3)70-44(69)30-20-62(42(67)25-7-9-31(49)33(51)13-25)21-45(4,5)37-35-15-27(47(53,54)55)17-64(35)61-40(30)37/h7-10,13-20,23-24,60-61H,11-12,21-22H2,1-6H3,(H,59,66). The van der Waals surface area contributed by atoms with E-state index in [1.165, 1.54) is 6.92 Å². The minimum Gasteiger partial charge on any atom is -0.459 e. The number of ether oxygens (including phenoxy) is 1. The number of carbonyl (C=O) groups is 4. The maximum absolute atomic E-state index is 14.5. The van der Waals surface area contributed by atoms with Crippen molar-refractivity contribution in [2.75, 3.05) is 13.1 Å². The Kier molecular flexibility index (Phi) is 12.2. The highest BCUT2D eigenvalue weighted by Crippen LogP contribution is 2.45. The largest absolute Gasteiger partial charge is 0.459 e. The molecule has 0 spiro atoms. The molecule has 0 saturated heterocycles. The third-order valence-electron chi connectivity index (χ3n) is 12.4. The molecule has 2 aromatic carbocycles. The molecule has 22 heteroatoms. The van der Waals surface area contributed by atoms with Crippen molar-refractivity contribution >= 4 is 45.9 Å². The molecule has 2 unspecified atom stereocenters. The Morgan fingerprint density at radius 3 is 1.63 bits per heavy atom. The quantitative estimate of drug-likeness (QED) is 0.0980. The monoisotopic (exact) mass is 987 g/mol. The first kappa shape index (κ1) is 49.2. The molecule has 0 aliphatic carbocycles. The molecule has 12 nitrogen and oxygen atoms in total. The third-order valence-corrected chi connectivity index (χ3v) is 12.4. The average molecular weight is 988 g/mol. The fraction of sp³-hybridized carbons (Fsp3) is 0.333. The fourth-order valence-corrected chi connectivity index (χ4v) is 9.14. The maximum Gasteiger partial charge on any atom is 0.417 e. The van der Waals surface area contributed by atoms with Crippen LogP contribution in [0, 0.1) is 23.3 Å². The van der Waals surface area contributed by atoms with E-state index in [0.717, 1.165) is 80.0 Å². The topological polar surface area (TPSA) is 136 Å². The summed E-state index contributed by atoms with van der Waals surface area (Å²) in [7, 11) is 0. The molecule has 0 saturated carbocycles. The SMILES string of the molecule is CC(C)NC(=O)C1=CN(C(=O)c2ccc(F)c(F)c2)CC(C)(CCC(C)OC(=O)C2=CN(C(=O)c3ccc(F)c(F)c3)CC(C)(C)c3c2[nH]n2cc(C(F)(F)F)cc32)c2c1[nH]n1cc(C(F)(F)F)cc21. The molecule has 3 N–H and O–H groups in total. The number of benzene rings is 2. The minimum atomic E-state index is -4.81. The number of carbonyl (C=O) groups excluding carboxylic acids is 4. The summed E-state index contributed by atoms with van der Waals surface area (Å²) in [6.45, 7) is 8.91. The summed E-state index contributed by atoms with van der Waals surface area (Å²) in [5.74, 6) is -8.81. The third kappa shape index (κ3) is 9.05. The molecule has 0 radical (unpaired) electrons. The number of H-pyrrole nitrogens is 2. The van der Waals surface area contributed by atoms with E-state index in [1.54, 1.807) is 34.6 Å². The zero-order valence-corrected chi connectivity index (χ0v) is 38.0. The van der Waals surface area contributed by atoms with Crippen LogP contribution < -0.4 is 5.32 Å². The molecule has 4 aromatic heterocycles. The molecule has 8 rings (SSSR count). The summed E-state index contributed by atoms with van der Waals surface area (Å²) < 4.78 is 149. The highest BCUT2D eigenvalue weighted by molar-refractivity contribution is 6.20. The highest BCUT2D eigenvalue weighted by atomic mass is 19.4. The van der Waals surface area contributed by atoms with E-state index in [-0.39, 0.29) is 81.8 Å². The number of aromatic amines is 2. The molecule has 6 aromatic rings. The lowest BCUT2D eigenvalue weighted by atomic mass is 9.76. The maximum atomic E-state index is 14.5. The zero-order chi connectivity index (χ0) is 51.2. The molecule has 370 valence electrons. The van der Waals surface area contributed by atoms with Crippen molar-refractivity contribution in [2.24, 2.45) is 0 Å². The van der Waals surface area contributed by atoms with Crippen molar-refractivity contribution in [3.05, 3.63) is 141 Å². The van der Waals surface area contributed by atoms with Gasteiger partial charge in [-0.05, 0) is 82.1 Å². The number of alkyl halides is 6. The van der Waals surface area contributed by atoms with Gasteiger partial charge in [0.15, 0.2) is 23.3 Å². The number of nitrogens with one attached hydrogen (secondary N) is 3. The first-order valence-corrected chi connectivity index (χ1v) is 21.7. The molecule has 2 atom stereocenters. The van der Waals surface area contributed by atoms with Crippen LogP contribution in [0.3, 0.4) is 0 Å². The lowest BCUT2D eigenvalue weighted by Gasteiger charge is -2.34. The van der Waals surface area contributed by atoms with E-state index < -0.39 is 93.4 Å². The lowest BCUT2D eigenvalue weighted by molar-refractivity contribution is -0.141. The summed E-state index contributed by atoms with van der Waals surface area (Å²) >= 11 is 0. The Labute approximate surface area is 391 Å². The Balaban J connectivity index is 1.18. The lowest BCUT2D eigenvalue weighted by Crippen LogP contribution is -2.39. The number of esters is 1. The molecule has 2 aliphatic heterocycles. The molecule has 70 heavy (non-hydrogen) atoms. The molecule has 2 aliphatic rings. The van der Waals surface area contributed by atoms with Crippen LogP contribution in [-0.4, -0.2) is 78.0 Å². The van der Waals surface area contributed by atoms with E-state index in [4.69, 9.17) is 4.74 Å². The Morgan fingerprint density at radius 1 is 0.671 bits per heavy atom. The van der Waals surface area contributed by atoms with Crippen molar-refractivity contribution in [1.82, 2.24) is 34.3 Å². The van der Waals surface area contributed by atoms with Crippen molar-refractivity contribution < 1.29 is 67.8 Å². The van der Waals surface area contributed by atoms with Gasteiger partial charge >= 0.3 is 18.3 Å². The number of hydrogen-bond donors (Lipinski definition) is 3. The number of hydrogen-bond acceptors (Lipinski definition) is 5. The smallest absolute Gasteiger partial charge is 0.417 e. The van der Waals surface area contributed by atoms with Gasteiger partial charge in [-0.15, -0.1) is 0 Å². The van der Waals surface area contributed by atoms with Crippen LogP contribution in [0.4, 0.5) is 43.9 Å². The van der Waals surface area contributed by atoms with Crippen molar-refractivity contribution in [3.63, 3.8) is 0 Å². The van der Waals surface area contributed by atoms with Gasteiger partial charge in [0.2, 0.25) is 0 Å². The van der Waals surface area contributed by atoms with Crippen molar-refractivity contribution in [3.8, 4) is 0 Å². The summed E-state index contributed by atoms with van der Waals surface area (Å²) in [5, 5.41) is 8.40. The van der Waals surface area contributed by atoms with Crippen LogP contribution in [0.2, 0.25) is 0 Å². The predicted molar refractivity (Wildman–Crippen MR) is 233 cm³/mol. The van der Waals surface area contributed by atoms with E-state index in [0.29, 0.717) is 12.1 Å². The number of halogens is 10. The number of nitrogens with zero attached hydrogens (tertiary/aromatic N) is 4. The molecular weight excluding hydrogens is 945 g/mol. The minimum absolute atomic E-state index is 0.00713. The molecular formula is C48H43F10N7O5. The number of amides is 3. The van der Waals surface area contributed by atoms with Crippen LogP contribution >= 0.6 is 0 Å². The normalized spacial score (nSPS) is 17.7. The van der Waals surface area contributed by atoms with E-state index in [9.17, 15) is 63.1 Å². The Hall–Kier alpha value is -7.26. The van der Waals surface area contributed by atoms with Crippen molar-refractivity contribution in [2.45, 2.75) is 89.7 Å². The van der Waals surface area contributed by atoms with Gasteiger partial charge in [0.25, 0.3) is 17.7 Å². The Morgan fingerprint density at radius 2 is 1.14 bits per heavy atom. The average Bonchev–Trinajstić information content (AvgIpc) is 4.01. The fourth-order valence-electron chi connectivity index (χ4n) is 9.14. The van der Waals surface area contributed by atoms with Crippen LogP contribution in [0.25, 0.3) is 22.2 Å². The number of rotatable bonds is 9. The molecule has 0 bridgehead atoms. The van der Waals surface area contributed by atoms with Crippen LogP contribution in [0.1, 0.15) is 109 Å². The zero-order valence-electron chi connectivity index (χ0n) is 38.0. The summed E-state index contributed by atoms with van der Waals surface area (Å²) in [5.41, 5.74) is -5.61. The van der Waals surface area contributed by atoms with Crippen LogP contribution in [0.5, 0.6) is 0 Å². The van der Waals surface area contributed by atoms with Gasteiger partial charge in [-0.1, -0.05) is 20.8 Å². The second kappa shape index (κ2) is 17.3. The van der Waals surface area contributed by atoms with Gasteiger partial charge in [0.1, 0.15) is 5.57 Å².